The van der Waals surface area contributed by atoms with Crippen molar-refractivity contribution in [1.82, 2.24) is 4.90 Å². The lowest BCUT2D eigenvalue weighted by atomic mass is 9.98. The molecule has 1 aromatic carbocycles. The van der Waals surface area contributed by atoms with Gasteiger partial charge in [-0.1, -0.05) is 12.1 Å². The molecule has 0 aliphatic carbocycles. The maximum absolute atomic E-state index is 6.03. The molecule has 1 aromatic rings. The fraction of sp³-hybridized carbons (Fsp3) is 0.538. The predicted molar refractivity (Wildman–Crippen MR) is 72.8 cm³/mol. The van der Waals surface area contributed by atoms with E-state index in [9.17, 15) is 0 Å². The Morgan fingerprint density at radius 1 is 1.44 bits per heavy atom. The molecule has 16 heavy (non-hydrogen) atoms. The van der Waals surface area contributed by atoms with Crippen molar-refractivity contribution in [2.75, 3.05) is 30.8 Å². The fourth-order valence-electron chi connectivity index (χ4n) is 2.29. The number of rotatable bonds is 4. The molecule has 0 atom stereocenters. The molecule has 0 unspecified atom stereocenters. The van der Waals surface area contributed by atoms with Gasteiger partial charge >= 0.3 is 0 Å². The molecule has 1 aliphatic rings. The van der Waals surface area contributed by atoms with Gasteiger partial charge in [-0.3, -0.25) is 4.90 Å². The number of hydrogen-bond donors (Lipinski definition) is 1. The highest BCUT2D eigenvalue weighted by Crippen LogP contribution is 2.24. The van der Waals surface area contributed by atoms with Crippen LogP contribution in [0, 0.1) is 0 Å². The van der Waals surface area contributed by atoms with Gasteiger partial charge in [0.25, 0.3) is 0 Å². The smallest absolute Gasteiger partial charge is 0.0362 e. The van der Waals surface area contributed by atoms with E-state index in [1.165, 1.54) is 36.4 Å². The maximum Gasteiger partial charge on any atom is 0.0362 e. The molecule has 3 heteroatoms. The Balaban J connectivity index is 1.97. The highest BCUT2D eigenvalue weighted by Gasteiger charge is 2.17. The van der Waals surface area contributed by atoms with E-state index in [1.807, 2.05) is 17.8 Å². The van der Waals surface area contributed by atoms with Crippen LogP contribution in [-0.2, 0) is 13.0 Å². The average molecular weight is 236 g/mol. The molecular formula is C13H20N2S. The van der Waals surface area contributed by atoms with E-state index in [1.54, 1.807) is 0 Å². The molecule has 2 rings (SSSR count). The normalized spacial score (nSPS) is 16.1. The van der Waals surface area contributed by atoms with Gasteiger partial charge in [0.2, 0.25) is 0 Å². The van der Waals surface area contributed by atoms with Crippen molar-refractivity contribution >= 4 is 17.4 Å². The summed E-state index contributed by atoms with van der Waals surface area (Å²) in [7, 11) is 0. The predicted octanol–water partition coefficient (Wildman–Crippen LogP) is 2.38. The molecule has 88 valence electrons. The quantitative estimate of drug-likeness (QED) is 0.643. The van der Waals surface area contributed by atoms with Gasteiger partial charge in [0.15, 0.2) is 0 Å². The second-order valence-electron chi connectivity index (χ2n) is 4.36. The van der Waals surface area contributed by atoms with Crippen LogP contribution in [0.4, 0.5) is 5.69 Å². The standard InChI is InChI=1S/C13H20N2S/c1-16-9-3-7-15-8-6-11-4-2-5-13(14)12(11)10-15/h2,4-5H,3,6-10,14H2,1H3. The number of fused-ring (bicyclic) bond motifs is 1. The lowest BCUT2D eigenvalue weighted by Crippen LogP contribution is -2.32. The molecule has 0 saturated heterocycles. The maximum atomic E-state index is 6.03. The Morgan fingerprint density at radius 2 is 2.31 bits per heavy atom. The summed E-state index contributed by atoms with van der Waals surface area (Å²) in [6.07, 6.45) is 4.60. The molecule has 0 saturated carbocycles. The van der Waals surface area contributed by atoms with Crippen molar-refractivity contribution < 1.29 is 0 Å². The van der Waals surface area contributed by atoms with Crippen LogP contribution in [0.2, 0.25) is 0 Å². The van der Waals surface area contributed by atoms with Crippen molar-refractivity contribution in [1.29, 1.82) is 0 Å². The van der Waals surface area contributed by atoms with Gasteiger partial charge in [0.05, 0.1) is 0 Å². The molecule has 0 amide bonds. The van der Waals surface area contributed by atoms with Crippen LogP contribution in [0.5, 0.6) is 0 Å². The highest BCUT2D eigenvalue weighted by atomic mass is 32.2. The first-order valence-corrected chi connectivity index (χ1v) is 7.28. The summed E-state index contributed by atoms with van der Waals surface area (Å²) in [4.78, 5) is 2.52. The molecule has 2 N–H and O–H groups in total. The number of nitrogens with two attached hydrogens (primary N) is 1. The Labute approximate surface area is 102 Å². The van der Waals surface area contributed by atoms with Crippen LogP contribution in [0.1, 0.15) is 17.5 Å². The van der Waals surface area contributed by atoms with Gasteiger partial charge in [-0.2, -0.15) is 11.8 Å². The molecule has 0 bridgehead atoms. The van der Waals surface area contributed by atoms with Gasteiger partial charge in [0.1, 0.15) is 0 Å². The topological polar surface area (TPSA) is 29.3 Å². The number of nitrogen functional groups attached to an aromatic ring is 1. The Bertz CT molecular complexity index is 352. The van der Waals surface area contributed by atoms with Crippen molar-refractivity contribution in [3.63, 3.8) is 0 Å². The SMILES string of the molecule is CSCCCN1CCc2cccc(N)c2C1. The summed E-state index contributed by atoms with van der Waals surface area (Å²) >= 11 is 1.93. The van der Waals surface area contributed by atoms with Crippen molar-refractivity contribution in [3.05, 3.63) is 29.3 Å². The minimum Gasteiger partial charge on any atom is -0.398 e. The molecule has 1 aliphatic heterocycles. The van der Waals surface area contributed by atoms with Crippen LogP contribution < -0.4 is 5.73 Å². The third-order valence-corrected chi connectivity index (χ3v) is 3.91. The number of nitrogens with zero attached hydrogens (tertiary/aromatic N) is 1. The first kappa shape index (κ1) is 11.8. The number of thioether (sulfide) groups is 1. The van der Waals surface area contributed by atoms with Gasteiger partial charge in [-0.15, -0.1) is 0 Å². The lowest BCUT2D eigenvalue weighted by Gasteiger charge is -2.29. The van der Waals surface area contributed by atoms with E-state index in [4.69, 9.17) is 5.73 Å². The summed E-state index contributed by atoms with van der Waals surface area (Å²) in [6.45, 7) is 3.43. The molecule has 0 radical (unpaired) electrons. The number of hydrogen-bond acceptors (Lipinski definition) is 3. The zero-order valence-corrected chi connectivity index (χ0v) is 10.7. The first-order valence-electron chi connectivity index (χ1n) is 5.89. The molecular weight excluding hydrogens is 216 g/mol. The number of anilines is 1. The zero-order chi connectivity index (χ0) is 11.4. The Kier molecular flexibility index (Phi) is 4.13. The van der Waals surface area contributed by atoms with Crippen molar-refractivity contribution in [3.8, 4) is 0 Å². The first-order chi connectivity index (χ1) is 7.81. The van der Waals surface area contributed by atoms with E-state index in [0.717, 1.165) is 18.7 Å². The van der Waals surface area contributed by atoms with Crippen LogP contribution in [-0.4, -0.2) is 30.0 Å². The van der Waals surface area contributed by atoms with E-state index in [0.29, 0.717) is 0 Å². The van der Waals surface area contributed by atoms with E-state index in [2.05, 4.69) is 23.3 Å². The van der Waals surface area contributed by atoms with Gasteiger partial charge in [-0.05, 0) is 48.6 Å². The van der Waals surface area contributed by atoms with Gasteiger partial charge in [0, 0.05) is 18.8 Å². The van der Waals surface area contributed by atoms with Crippen LogP contribution >= 0.6 is 11.8 Å². The second kappa shape index (κ2) is 5.60. The summed E-state index contributed by atoms with van der Waals surface area (Å²) < 4.78 is 0. The fourth-order valence-corrected chi connectivity index (χ4v) is 2.70. The Morgan fingerprint density at radius 3 is 3.12 bits per heavy atom. The molecule has 0 spiro atoms. The van der Waals surface area contributed by atoms with Gasteiger partial charge < -0.3 is 5.73 Å². The van der Waals surface area contributed by atoms with Crippen LogP contribution in [0.25, 0.3) is 0 Å². The van der Waals surface area contributed by atoms with Crippen molar-refractivity contribution in [2.24, 2.45) is 0 Å². The van der Waals surface area contributed by atoms with E-state index < -0.39 is 0 Å². The average Bonchev–Trinajstić information content (AvgIpc) is 2.30. The monoisotopic (exact) mass is 236 g/mol. The second-order valence-corrected chi connectivity index (χ2v) is 5.34. The van der Waals surface area contributed by atoms with Crippen LogP contribution in [0.3, 0.4) is 0 Å². The molecule has 2 nitrogen and oxygen atoms in total. The van der Waals surface area contributed by atoms with Crippen molar-refractivity contribution in [2.45, 2.75) is 19.4 Å². The summed E-state index contributed by atoms with van der Waals surface area (Å²) in [5.41, 5.74) is 9.80. The molecule has 0 aromatic heterocycles. The molecule has 0 fully saturated rings. The third-order valence-electron chi connectivity index (χ3n) is 3.21. The lowest BCUT2D eigenvalue weighted by molar-refractivity contribution is 0.256. The minimum atomic E-state index is 0.965. The van der Waals surface area contributed by atoms with Gasteiger partial charge in [-0.25, -0.2) is 0 Å². The highest BCUT2D eigenvalue weighted by molar-refractivity contribution is 7.98. The Hall–Kier alpha value is -0.670. The summed E-state index contributed by atoms with van der Waals surface area (Å²) in [5, 5.41) is 0. The zero-order valence-electron chi connectivity index (χ0n) is 9.91. The van der Waals surface area contributed by atoms with E-state index >= 15 is 0 Å². The molecule has 1 heterocycles. The largest absolute Gasteiger partial charge is 0.398 e. The van der Waals surface area contributed by atoms with Crippen LogP contribution in [0.15, 0.2) is 18.2 Å². The third kappa shape index (κ3) is 2.71. The number of benzene rings is 1. The minimum absolute atomic E-state index is 0.965. The summed E-state index contributed by atoms with van der Waals surface area (Å²) in [5.74, 6) is 1.26. The summed E-state index contributed by atoms with van der Waals surface area (Å²) in [6, 6.07) is 6.30. The van der Waals surface area contributed by atoms with E-state index in [-0.39, 0.29) is 0 Å².